The Morgan fingerprint density at radius 1 is 1.17 bits per heavy atom. The highest BCUT2D eigenvalue weighted by molar-refractivity contribution is 5.75. The van der Waals surface area contributed by atoms with Crippen LogP contribution in [0.25, 0.3) is 0 Å². The van der Waals surface area contributed by atoms with E-state index in [9.17, 15) is 0 Å². The molecule has 1 aromatic carbocycles. The Morgan fingerprint density at radius 2 is 2.08 bits per heavy atom. The van der Waals surface area contributed by atoms with Gasteiger partial charge in [-0.25, -0.2) is 0 Å². The first-order valence-corrected chi connectivity index (χ1v) is 4.24. The van der Waals surface area contributed by atoms with Gasteiger partial charge < -0.3 is 0 Å². The van der Waals surface area contributed by atoms with E-state index in [2.05, 4.69) is 29.3 Å². The summed E-state index contributed by atoms with van der Waals surface area (Å²) in [5.41, 5.74) is 2.46. The highest BCUT2D eigenvalue weighted by atomic mass is 14.7. The fourth-order valence-electron chi connectivity index (χ4n) is 1.37. The van der Waals surface area contributed by atoms with E-state index in [4.69, 9.17) is 0 Å². The van der Waals surface area contributed by atoms with Crippen molar-refractivity contribution in [3.8, 4) is 0 Å². The number of allylic oxidation sites excluding steroid dienone is 2. The van der Waals surface area contributed by atoms with Crippen molar-refractivity contribution < 1.29 is 0 Å². The lowest BCUT2D eigenvalue weighted by atomic mass is 10.1. The molecule has 0 unspecified atom stereocenters. The molecule has 0 saturated heterocycles. The summed E-state index contributed by atoms with van der Waals surface area (Å²) < 4.78 is 0. The average Bonchev–Trinajstić information content (AvgIpc) is 2.06. The zero-order valence-electron chi connectivity index (χ0n) is 6.90. The predicted molar refractivity (Wildman–Crippen MR) is 52.1 cm³/mol. The standard InChI is InChI=1S/C11H11N/c1-2-6-10-7-3-4-8-11(10)12-9-5-1/h1,3-5,7-9H,2,6H2/b5-1+,12-9-. The number of rotatable bonds is 0. The zero-order valence-corrected chi connectivity index (χ0v) is 6.90. The van der Waals surface area contributed by atoms with Gasteiger partial charge in [-0.15, -0.1) is 0 Å². The Kier molecular flexibility index (Phi) is 2.04. The second-order valence-electron chi connectivity index (χ2n) is 2.87. The van der Waals surface area contributed by atoms with Crippen molar-refractivity contribution in [2.24, 2.45) is 4.99 Å². The van der Waals surface area contributed by atoms with Crippen molar-refractivity contribution in [2.75, 3.05) is 0 Å². The molecule has 0 N–H and O–H groups in total. The third-order valence-electron chi connectivity index (χ3n) is 2.01. The van der Waals surface area contributed by atoms with Gasteiger partial charge in [0.05, 0.1) is 5.69 Å². The summed E-state index contributed by atoms with van der Waals surface area (Å²) in [5, 5.41) is 0. The molecule has 12 heavy (non-hydrogen) atoms. The normalized spacial score (nSPS) is 20.3. The van der Waals surface area contributed by atoms with E-state index in [1.54, 1.807) is 0 Å². The Labute approximate surface area is 72.5 Å². The summed E-state index contributed by atoms with van der Waals surface area (Å²) >= 11 is 0. The molecule has 0 spiro atoms. The molecule has 0 aromatic heterocycles. The monoisotopic (exact) mass is 157 g/mol. The molecule has 0 bridgehead atoms. The molecule has 0 atom stereocenters. The van der Waals surface area contributed by atoms with Gasteiger partial charge in [-0.3, -0.25) is 4.99 Å². The number of fused-ring (bicyclic) bond motifs is 1. The molecule has 1 aliphatic rings. The van der Waals surface area contributed by atoms with E-state index in [0.717, 1.165) is 18.5 Å². The Hall–Kier alpha value is -1.37. The minimum absolute atomic E-state index is 1.10. The van der Waals surface area contributed by atoms with E-state index in [1.165, 1.54) is 5.56 Å². The van der Waals surface area contributed by atoms with Crippen LogP contribution in [0.2, 0.25) is 0 Å². The largest absolute Gasteiger partial charge is 0.257 e. The summed E-state index contributed by atoms with van der Waals surface area (Å²) in [6.45, 7) is 0. The third kappa shape index (κ3) is 1.45. The van der Waals surface area contributed by atoms with E-state index >= 15 is 0 Å². The Bertz CT molecular complexity index is 324. The number of aliphatic imine (C=N–C) groups is 1. The molecular weight excluding hydrogens is 146 g/mol. The van der Waals surface area contributed by atoms with E-state index < -0.39 is 0 Å². The van der Waals surface area contributed by atoms with Crippen LogP contribution in [0.5, 0.6) is 0 Å². The maximum Gasteiger partial charge on any atom is 0.0661 e. The first kappa shape index (κ1) is 7.29. The van der Waals surface area contributed by atoms with Gasteiger partial charge in [-0.05, 0) is 30.5 Å². The van der Waals surface area contributed by atoms with Crippen molar-refractivity contribution in [3.63, 3.8) is 0 Å². The molecule has 1 aliphatic heterocycles. The van der Waals surface area contributed by atoms with Crippen LogP contribution in [0.3, 0.4) is 0 Å². The molecule has 1 heterocycles. The van der Waals surface area contributed by atoms with Crippen LogP contribution in [-0.4, -0.2) is 6.21 Å². The number of hydrogen-bond donors (Lipinski definition) is 0. The Balaban J connectivity index is 2.43. The first-order chi connectivity index (χ1) is 5.97. The fraction of sp³-hybridized carbons (Fsp3) is 0.182. The fourth-order valence-corrected chi connectivity index (χ4v) is 1.37. The molecule has 1 heteroatoms. The van der Waals surface area contributed by atoms with Crippen LogP contribution in [0, 0.1) is 0 Å². The molecule has 0 fully saturated rings. The quantitative estimate of drug-likeness (QED) is 0.549. The minimum atomic E-state index is 1.10. The van der Waals surface area contributed by atoms with Crippen molar-refractivity contribution in [1.29, 1.82) is 0 Å². The molecule has 0 radical (unpaired) electrons. The van der Waals surface area contributed by atoms with Crippen molar-refractivity contribution in [2.45, 2.75) is 12.8 Å². The van der Waals surface area contributed by atoms with Crippen LogP contribution in [0.1, 0.15) is 12.0 Å². The van der Waals surface area contributed by atoms with Gasteiger partial charge in [-0.1, -0.05) is 24.3 Å². The Morgan fingerprint density at radius 3 is 3.08 bits per heavy atom. The summed E-state index contributed by atoms with van der Waals surface area (Å²) in [6.07, 6.45) is 8.24. The van der Waals surface area contributed by atoms with Crippen LogP contribution in [-0.2, 0) is 6.42 Å². The van der Waals surface area contributed by atoms with Crippen LogP contribution >= 0.6 is 0 Å². The number of aryl methyl sites for hydroxylation is 1. The summed E-state index contributed by atoms with van der Waals surface area (Å²) in [7, 11) is 0. The molecular formula is C11H11N. The van der Waals surface area contributed by atoms with Gasteiger partial charge >= 0.3 is 0 Å². The molecule has 0 aliphatic carbocycles. The molecule has 0 amide bonds. The lowest BCUT2D eigenvalue weighted by Crippen LogP contribution is -1.86. The lowest BCUT2D eigenvalue weighted by molar-refractivity contribution is 0.998. The second-order valence-corrected chi connectivity index (χ2v) is 2.87. The van der Waals surface area contributed by atoms with Gasteiger partial charge in [0.1, 0.15) is 0 Å². The maximum atomic E-state index is 4.33. The van der Waals surface area contributed by atoms with Crippen LogP contribution < -0.4 is 0 Å². The molecule has 2 rings (SSSR count). The maximum absolute atomic E-state index is 4.33. The van der Waals surface area contributed by atoms with Gasteiger partial charge in [0.2, 0.25) is 0 Å². The highest BCUT2D eigenvalue weighted by Crippen LogP contribution is 2.20. The molecule has 0 saturated carbocycles. The highest BCUT2D eigenvalue weighted by Gasteiger charge is 1.98. The SMILES string of the molecule is C1=N\c2ccccc2CC/C=C/1. The topological polar surface area (TPSA) is 12.4 Å². The summed E-state index contributed by atoms with van der Waals surface area (Å²) in [6, 6.07) is 8.30. The summed E-state index contributed by atoms with van der Waals surface area (Å²) in [4.78, 5) is 4.33. The van der Waals surface area contributed by atoms with E-state index in [0.29, 0.717) is 0 Å². The first-order valence-electron chi connectivity index (χ1n) is 4.24. The van der Waals surface area contributed by atoms with Crippen molar-refractivity contribution in [1.82, 2.24) is 0 Å². The predicted octanol–water partition coefficient (Wildman–Crippen LogP) is 2.89. The van der Waals surface area contributed by atoms with Crippen molar-refractivity contribution in [3.05, 3.63) is 42.0 Å². The molecule has 1 aromatic rings. The van der Waals surface area contributed by atoms with Crippen LogP contribution in [0.4, 0.5) is 5.69 Å². The van der Waals surface area contributed by atoms with Crippen molar-refractivity contribution >= 4 is 11.9 Å². The summed E-state index contributed by atoms with van der Waals surface area (Å²) in [5.74, 6) is 0. The lowest BCUT2D eigenvalue weighted by Gasteiger charge is -2.04. The molecule has 1 nitrogen and oxygen atoms in total. The minimum Gasteiger partial charge on any atom is -0.257 e. The van der Waals surface area contributed by atoms with E-state index in [1.807, 2.05) is 18.4 Å². The van der Waals surface area contributed by atoms with Gasteiger partial charge in [0.15, 0.2) is 0 Å². The van der Waals surface area contributed by atoms with Crippen LogP contribution in [0.15, 0.2) is 41.4 Å². The zero-order chi connectivity index (χ0) is 8.23. The molecule has 60 valence electrons. The van der Waals surface area contributed by atoms with E-state index in [-0.39, 0.29) is 0 Å². The number of para-hydroxylation sites is 1. The third-order valence-corrected chi connectivity index (χ3v) is 2.01. The number of nitrogens with zero attached hydrogens (tertiary/aromatic N) is 1. The second kappa shape index (κ2) is 3.35. The van der Waals surface area contributed by atoms with Gasteiger partial charge in [0, 0.05) is 6.21 Å². The number of hydrogen-bond acceptors (Lipinski definition) is 1. The van der Waals surface area contributed by atoms with Gasteiger partial charge in [0.25, 0.3) is 0 Å². The average molecular weight is 157 g/mol. The smallest absolute Gasteiger partial charge is 0.0661 e. The number of benzene rings is 1. The van der Waals surface area contributed by atoms with Gasteiger partial charge in [-0.2, -0.15) is 0 Å².